The summed E-state index contributed by atoms with van der Waals surface area (Å²) in [7, 11) is 0. The van der Waals surface area contributed by atoms with Gasteiger partial charge in [0.15, 0.2) is 0 Å². The van der Waals surface area contributed by atoms with E-state index in [1.807, 2.05) is 0 Å². The Morgan fingerprint density at radius 3 is 2.25 bits per heavy atom. The molecule has 0 spiro atoms. The van der Waals surface area contributed by atoms with Crippen LogP contribution in [0.5, 0.6) is 0 Å². The van der Waals surface area contributed by atoms with Crippen LogP contribution in [-0.2, 0) is 4.79 Å². The van der Waals surface area contributed by atoms with Gasteiger partial charge in [-0.1, -0.05) is 39.8 Å². The molecule has 0 aromatic carbocycles. The van der Waals surface area contributed by atoms with Gasteiger partial charge in [-0.15, -0.1) is 0 Å². The zero-order chi connectivity index (χ0) is 15.3. The number of rotatable bonds is 6. The molecule has 0 saturated carbocycles. The summed E-state index contributed by atoms with van der Waals surface area (Å²) in [5.74, 6) is 0.132. The average Bonchev–Trinajstić information content (AvgIpc) is 2.76. The maximum Gasteiger partial charge on any atom is 0.315 e. The molecule has 2 amide bonds. The van der Waals surface area contributed by atoms with Gasteiger partial charge in [0.25, 0.3) is 0 Å². The van der Waals surface area contributed by atoms with E-state index in [4.69, 9.17) is 5.11 Å². The molecule has 0 radical (unpaired) electrons. The molecule has 5 heteroatoms. The monoisotopic (exact) mass is 282 g/mol. The van der Waals surface area contributed by atoms with Crippen molar-refractivity contribution in [1.82, 2.24) is 10.6 Å². The Hall–Kier alpha value is -1.52. The molecule has 2 atom stereocenters. The van der Waals surface area contributed by atoms with E-state index >= 15 is 0 Å². The highest BCUT2D eigenvalue weighted by molar-refractivity contribution is 5.76. The first-order valence-electron chi connectivity index (χ1n) is 7.26. The van der Waals surface area contributed by atoms with Gasteiger partial charge in [0.05, 0.1) is 12.0 Å². The minimum atomic E-state index is -0.842. The average molecular weight is 282 g/mol. The number of carboxylic acids is 1. The first-order chi connectivity index (χ1) is 9.31. The lowest BCUT2D eigenvalue weighted by atomic mass is 9.85. The van der Waals surface area contributed by atoms with Crippen molar-refractivity contribution in [3.05, 3.63) is 12.2 Å². The highest BCUT2D eigenvalue weighted by Crippen LogP contribution is 2.20. The van der Waals surface area contributed by atoms with Crippen LogP contribution in [0.3, 0.4) is 0 Å². The first kappa shape index (κ1) is 16.5. The minimum absolute atomic E-state index is 0.187. The molecule has 114 valence electrons. The summed E-state index contributed by atoms with van der Waals surface area (Å²) in [6, 6.07) is -0.412. The molecule has 0 heterocycles. The van der Waals surface area contributed by atoms with Crippen LogP contribution in [0.15, 0.2) is 12.2 Å². The van der Waals surface area contributed by atoms with E-state index in [-0.39, 0.29) is 12.1 Å². The summed E-state index contributed by atoms with van der Waals surface area (Å²) in [6.45, 7) is 9.26. The van der Waals surface area contributed by atoms with Gasteiger partial charge >= 0.3 is 12.0 Å². The number of hydrogen-bond acceptors (Lipinski definition) is 2. The van der Waals surface area contributed by atoms with Crippen LogP contribution >= 0.6 is 0 Å². The summed E-state index contributed by atoms with van der Waals surface area (Å²) in [5, 5.41) is 14.6. The van der Waals surface area contributed by atoms with E-state index in [0.29, 0.717) is 30.7 Å². The van der Waals surface area contributed by atoms with Crippen LogP contribution < -0.4 is 10.6 Å². The van der Waals surface area contributed by atoms with Crippen LogP contribution in [0, 0.1) is 23.7 Å². The van der Waals surface area contributed by atoms with Gasteiger partial charge in [-0.2, -0.15) is 0 Å². The second-order valence-corrected chi connectivity index (χ2v) is 6.18. The fourth-order valence-electron chi connectivity index (χ4n) is 2.66. The van der Waals surface area contributed by atoms with Crippen molar-refractivity contribution >= 4 is 12.0 Å². The van der Waals surface area contributed by atoms with Crippen LogP contribution in [0.4, 0.5) is 4.79 Å². The van der Waals surface area contributed by atoms with Gasteiger partial charge in [-0.3, -0.25) is 4.79 Å². The Morgan fingerprint density at radius 2 is 1.80 bits per heavy atom. The van der Waals surface area contributed by atoms with Crippen molar-refractivity contribution < 1.29 is 14.7 Å². The number of urea groups is 1. The summed E-state index contributed by atoms with van der Waals surface area (Å²) in [6.07, 6.45) is 3.82. The van der Waals surface area contributed by atoms with Crippen molar-refractivity contribution in [2.75, 3.05) is 6.54 Å². The Kier molecular flexibility index (Phi) is 6.05. The number of aliphatic carboxylic acids is 1. The molecule has 5 nitrogen and oxygen atoms in total. The third-order valence-electron chi connectivity index (χ3n) is 3.93. The largest absolute Gasteiger partial charge is 0.481 e. The summed E-state index contributed by atoms with van der Waals surface area (Å²) in [4.78, 5) is 22.6. The van der Waals surface area contributed by atoms with Gasteiger partial charge in [0, 0.05) is 6.54 Å². The van der Waals surface area contributed by atoms with Gasteiger partial charge in [-0.05, 0) is 24.2 Å². The van der Waals surface area contributed by atoms with E-state index in [1.54, 1.807) is 12.2 Å². The normalized spacial score (nSPS) is 21.8. The van der Waals surface area contributed by atoms with Crippen molar-refractivity contribution in [2.24, 2.45) is 23.7 Å². The van der Waals surface area contributed by atoms with Gasteiger partial charge in [-0.25, -0.2) is 4.79 Å². The van der Waals surface area contributed by atoms with Crippen molar-refractivity contribution in [1.29, 1.82) is 0 Å². The second-order valence-electron chi connectivity index (χ2n) is 6.18. The lowest BCUT2D eigenvalue weighted by Gasteiger charge is -2.25. The third-order valence-corrected chi connectivity index (χ3v) is 3.93. The maximum absolute atomic E-state index is 11.8. The quantitative estimate of drug-likeness (QED) is 0.654. The topological polar surface area (TPSA) is 78.4 Å². The SMILES string of the molecule is CC(C)C(CNC(=O)NC1C=CC(C(=O)O)C1)C(C)C. The molecular formula is C15H26N2O3. The van der Waals surface area contributed by atoms with Crippen molar-refractivity contribution in [3.8, 4) is 0 Å². The standard InChI is InChI=1S/C15H26N2O3/c1-9(2)13(10(3)4)8-16-15(20)17-12-6-5-11(7-12)14(18)19/h5-6,9-13H,7-8H2,1-4H3,(H,18,19)(H2,16,17,20). The minimum Gasteiger partial charge on any atom is -0.481 e. The second kappa shape index (κ2) is 7.31. The zero-order valence-corrected chi connectivity index (χ0v) is 12.7. The maximum atomic E-state index is 11.8. The summed E-state index contributed by atoms with van der Waals surface area (Å²) < 4.78 is 0. The van der Waals surface area contributed by atoms with Crippen LogP contribution in [0.1, 0.15) is 34.1 Å². The lowest BCUT2D eigenvalue weighted by molar-refractivity contribution is -0.140. The highest BCUT2D eigenvalue weighted by Gasteiger charge is 2.25. The summed E-state index contributed by atoms with van der Waals surface area (Å²) >= 11 is 0. The van der Waals surface area contributed by atoms with E-state index in [2.05, 4.69) is 38.3 Å². The number of nitrogens with one attached hydrogen (secondary N) is 2. The van der Waals surface area contributed by atoms with E-state index in [1.165, 1.54) is 0 Å². The lowest BCUT2D eigenvalue weighted by Crippen LogP contribution is -2.44. The molecule has 1 aliphatic carbocycles. The van der Waals surface area contributed by atoms with E-state index < -0.39 is 11.9 Å². The number of amides is 2. The highest BCUT2D eigenvalue weighted by atomic mass is 16.4. The number of hydrogen-bond donors (Lipinski definition) is 3. The Morgan fingerprint density at radius 1 is 1.20 bits per heavy atom. The van der Waals surface area contributed by atoms with E-state index in [0.717, 1.165) is 0 Å². The molecule has 0 aliphatic heterocycles. The van der Waals surface area contributed by atoms with Crippen LogP contribution in [0.25, 0.3) is 0 Å². The predicted octanol–water partition coefficient (Wildman–Crippen LogP) is 2.24. The van der Waals surface area contributed by atoms with Crippen LogP contribution in [0.2, 0.25) is 0 Å². The molecule has 20 heavy (non-hydrogen) atoms. The molecule has 0 fully saturated rings. The number of carboxylic acid groups (broad SMARTS) is 1. The fourth-order valence-corrected chi connectivity index (χ4v) is 2.66. The third kappa shape index (κ3) is 4.87. The number of carbonyl (C=O) groups is 2. The summed E-state index contributed by atoms with van der Waals surface area (Å²) in [5.41, 5.74) is 0. The molecule has 1 rings (SSSR count). The first-order valence-corrected chi connectivity index (χ1v) is 7.26. The van der Waals surface area contributed by atoms with Gasteiger partial charge < -0.3 is 15.7 Å². The van der Waals surface area contributed by atoms with Crippen molar-refractivity contribution in [2.45, 2.75) is 40.2 Å². The zero-order valence-electron chi connectivity index (χ0n) is 12.7. The van der Waals surface area contributed by atoms with E-state index in [9.17, 15) is 9.59 Å². The van der Waals surface area contributed by atoms with Crippen LogP contribution in [-0.4, -0.2) is 29.7 Å². The molecular weight excluding hydrogens is 256 g/mol. The molecule has 0 aromatic rings. The smallest absolute Gasteiger partial charge is 0.315 e. The Labute approximate surface area is 120 Å². The Balaban J connectivity index is 2.34. The van der Waals surface area contributed by atoms with Gasteiger partial charge in [0.2, 0.25) is 0 Å². The Bertz CT molecular complexity index is 369. The molecule has 0 saturated heterocycles. The van der Waals surface area contributed by atoms with Gasteiger partial charge in [0.1, 0.15) is 0 Å². The fraction of sp³-hybridized carbons (Fsp3) is 0.733. The molecule has 0 bridgehead atoms. The molecule has 3 N–H and O–H groups in total. The molecule has 2 unspecified atom stereocenters. The number of carbonyl (C=O) groups excluding carboxylic acids is 1. The molecule has 0 aromatic heterocycles. The predicted molar refractivity (Wildman–Crippen MR) is 78.4 cm³/mol. The molecule has 1 aliphatic rings. The van der Waals surface area contributed by atoms with Crippen molar-refractivity contribution in [3.63, 3.8) is 0 Å².